The van der Waals surface area contributed by atoms with Gasteiger partial charge in [0.2, 0.25) is 15.9 Å². The number of hydrogen-bond donors (Lipinski definition) is 2. The molecule has 0 aliphatic rings. The van der Waals surface area contributed by atoms with Crippen LogP contribution in [-0.4, -0.2) is 45.3 Å². The van der Waals surface area contributed by atoms with E-state index < -0.39 is 48.1 Å². The number of rotatable bonds is 9. The normalized spacial score (nSPS) is 12.8. The molecule has 37 heavy (non-hydrogen) atoms. The van der Waals surface area contributed by atoms with Gasteiger partial charge in [0, 0.05) is 18.5 Å². The van der Waals surface area contributed by atoms with Gasteiger partial charge in [-0.3, -0.25) is 9.59 Å². The predicted octanol–water partition coefficient (Wildman–Crippen LogP) is 2.47. The Morgan fingerprint density at radius 1 is 1.16 bits per heavy atom. The van der Waals surface area contributed by atoms with Crippen LogP contribution in [-0.2, 0) is 31.1 Å². The summed E-state index contributed by atoms with van der Waals surface area (Å²) in [4.78, 5) is 24.7. The minimum Gasteiger partial charge on any atom is -0.324 e. The van der Waals surface area contributed by atoms with Gasteiger partial charge in [0.25, 0.3) is 5.56 Å². The number of aryl methyl sites for hydroxylation is 1. The summed E-state index contributed by atoms with van der Waals surface area (Å²) in [6, 6.07) is 8.98. The second kappa shape index (κ2) is 11.1. The number of anilines is 1. The first-order chi connectivity index (χ1) is 17.2. The number of nitrogens with zero attached hydrogens (tertiary/aromatic N) is 2. The molecule has 2 N–H and O–H groups in total. The van der Waals surface area contributed by atoms with Gasteiger partial charge in [-0.15, -0.1) is 0 Å². The fourth-order valence-corrected chi connectivity index (χ4v) is 6.13. The average molecular weight is 571 g/mol. The van der Waals surface area contributed by atoms with Gasteiger partial charge in [-0.1, -0.05) is 35.9 Å². The standard InChI is InChI=1S/C23H24ClFN4O6S2/c1-14-8-9-17(12-20(14)37(34,35)27-11-10-16-6-4-5-7-19(16)25)28-22(30)15(2)29-23(31)21(36(3,32)33)18(24)13-26-29/h4-9,12-13,15,27H,10-11H2,1-3H3,(H,28,30). The van der Waals surface area contributed by atoms with E-state index in [4.69, 9.17) is 11.6 Å². The van der Waals surface area contributed by atoms with E-state index in [1.807, 2.05) is 0 Å². The molecule has 1 amide bonds. The van der Waals surface area contributed by atoms with Crippen molar-refractivity contribution in [1.29, 1.82) is 0 Å². The van der Waals surface area contributed by atoms with Crippen LogP contribution in [0.15, 0.2) is 63.2 Å². The zero-order valence-corrected chi connectivity index (χ0v) is 22.4. The summed E-state index contributed by atoms with van der Waals surface area (Å²) in [6.07, 6.45) is 1.90. The minimum absolute atomic E-state index is 0.0514. The Kier molecular flexibility index (Phi) is 8.52. The van der Waals surface area contributed by atoms with Crippen LogP contribution in [0, 0.1) is 12.7 Å². The fourth-order valence-electron chi connectivity index (χ4n) is 3.47. The molecule has 0 saturated carbocycles. The van der Waals surface area contributed by atoms with Gasteiger partial charge >= 0.3 is 0 Å². The molecule has 14 heteroatoms. The Morgan fingerprint density at radius 3 is 2.49 bits per heavy atom. The molecule has 2 aromatic carbocycles. The summed E-state index contributed by atoms with van der Waals surface area (Å²) >= 11 is 5.82. The predicted molar refractivity (Wildman–Crippen MR) is 136 cm³/mol. The lowest BCUT2D eigenvalue weighted by molar-refractivity contribution is -0.119. The van der Waals surface area contributed by atoms with Crippen LogP contribution in [0.1, 0.15) is 24.1 Å². The van der Waals surface area contributed by atoms with Crippen molar-refractivity contribution in [2.45, 2.75) is 36.1 Å². The number of sulfone groups is 1. The Hall–Kier alpha value is -3.13. The Bertz CT molecular complexity index is 1620. The first-order valence-electron chi connectivity index (χ1n) is 10.8. The Morgan fingerprint density at radius 2 is 1.84 bits per heavy atom. The van der Waals surface area contributed by atoms with Crippen molar-refractivity contribution in [1.82, 2.24) is 14.5 Å². The van der Waals surface area contributed by atoms with Gasteiger partial charge in [-0.05, 0) is 49.6 Å². The molecule has 3 rings (SSSR count). The number of sulfonamides is 1. The average Bonchev–Trinajstić information content (AvgIpc) is 2.80. The molecular formula is C23H24ClFN4O6S2. The van der Waals surface area contributed by atoms with Gasteiger partial charge < -0.3 is 5.32 Å². The third kappa shape index (κ3) is 6.60. The molecule has 1 aromatic heterocycles. The smallest absolute Gasteiger partial charge is 0.287 e. The maximum atomic E-state index is 13.8. The van der Waals surface area contributed by atoms with Gasteiger partial charge in [-0.25, -0.2) is 30.6 Å². The highest BCUT2D eigenvalue weighted by Gasteiger charge is 2.25. The second-order valence-electron chi connectivity index (χ2n) is 8.23. The van der Waals surface area contributed by atoms with Crippen molar-refractivity contribution >= 4 is 43.1 Å². The monoisotopic (exact) mass is 570 g/mol. The second-order valence-corrected chi connectivity index (χ2v) is 12.3. The lowest BCUT2D eigenvalue weighted by Crippen LogP contribution is -2.35. The molecule has 0 radical (unpaired) electrons. The summed E-state index contributed by atoms with van der Waals surface area (Å²) in [7, 11) is -8.00. The molecular weight excluding hydrogens is 547 g/mol. The van der Waals surface area contributed by atoms with E-state index in [1.165, 1.54) is 37.3 Å². The summed E-state index contributed by atoms with van der Waals surface area (Å²) in [6.45, 7) is 2.84. The minimum atomic E-state index is -4.01. The van der Waals surface area contributed by atoms with Crippen molar-refractivity contribution in [2.75, 3.05) is 18.1 Å². The van der Waals surface area contributed by atoms with Crippen molar-refractivity contribution in [3.63, 3.8) is 0 Å². The quantitative estimate of drug-likeness (QED) is 0.402. The topological polar surface area (TPSA) is 144 Å². The molecule has 0 aliphatic heterocycles. The van der Waals surface area contributed by atoms with Crippen LogP contribution in [0.4, 0.5) is 10.1 Å². The number of halogens is 2. The van der Waals surface area contributed by atoms with E-state index in [-0.39, 0.29) is 28.6 Å². The summed E-state index contributed by atoms with van der Waals surface area (Å²) in [5.74, 6) is -1.19. The van der Waals surface area contributed by atoms with Crippen LogP contribution >= 0.6 is 11.6 Å². The highest BCUT2D eigenvalue weighted by molar-refractivity contribution is 7.90. The zero-order chi connectivity index (χ0) is 27.5. The highest BCUT2D eigenvalue weighted by Crippen LogP contribution is 2.22. The number of nitrogens with one attached hydrogen (secondary N) is 2. The molecule has 1 heterocycles. The van der Waals surface area contributed by atoms with E-state index in [2.05, 4.69) is 15.1 Å². The van der Waals surface area contributed by atoms with E-state index in [0.717, 1.165) is 12.5 Å². The molecule has 0 spiro atoms. The van der Waals surface area contributed by atoms with Crippen LogP contribution in [0.5, 0.6) is 0 Å². The number of carbonyl (C=O) groups is 1. The molecule has 0 aliphatic carbocycles. The van der Waals surface area contributed by atoms with Crippen LogP contribution < -0.4 is 15.6 Å². The first-order valence-corrected chi connectivity index (χ1v) is 14.6. The van der Waals surface area contributed by atoms with E-state index in [9.17, 15) is 30.8 Å². The van der Waals surface area contributed by atoms with Crippen molar-refractivity contribution in [3.05, 3.63) is 81.0 Å². The molecule has 10 nitrogen and oxygen atoms in total. The SMILES string of the molecule is Cc1ccc(NC(=O)C(C)n2ncc(Cl)c(S(C)(=O)=O)c2=O)cc1S(=O)(=O)NCCc1ccccc1F. The van der Waals surface area contributed by atoms with Crippen LogP contribution in [0.3, 0.4) is 0 Å². The van der Waals surface area contributed by atoms with Gasteiger partial charge in [0.1, 0.15) is 11.9 Å². The number of carbonyl (C=O) groups excluding carboxylic acids is 1. The summed E-state index contributed by atoms with van der Waals surface area (Å²) in [5.41, 5.74) is -0.189. The van der Waals surface area contributed by atoms with Gasteiger partial charge in [-0.2, -0.15) is 5.10 Å². The molecule has 3 aromatic rings. The lowest BCUT2D eigenvalue weighted by atomic mass is 10.1. The Balaban J connectivity index is 1.79. The lowest BCUT2D eigenvalue weighted by Gasteiger charge is -2.16. The number of aromatic nitrogens is 2. The maximum absolute atomic E-state index is 13.8. The molecule has 198 valence electrons. The molecule has 0 fully saturated rings. The summed E-state index contributed by atoms with van der Waals surface area (Å²) in [5, 5.41) is 5.90. The van der Waals surface area contributed by atoms with Crippen molar-refractivity contribution < 1.29 is 26.0 Å². The van der Waals surface area contributed by atoms with Gasteiger partial charge in [0.05, 0.1) is 16.1 Å². The highest BCUT2D eigenvalue weighted by atomic mass is 35.5. The molecule has 0 bridgehead atoms. The zero-order valence-electron chi connectivity index (χ0n) is 20.0. The van der Waals surface area contributed by atoms with Crippen LogP contribution in [0.25, 0.3) is 0 Å². The number of hydrogen-bond acceptors (Lipinski definition) is 7. The van der Waals surface area contributed by atoms with Crippen molar-refractivity contribution in [3.8, 4) is 0 Å². The molecule has 1 atom stereocenters. The largest absolute Gasteiger partial charge is 0.324 e. The van der Waals surface area contributed by atoms with E-state index in [1.54, 1.807) is 19.1 Å². The molecule has 0 saturated heterocycles. The molecule has 1 unspecified atom stereocenters. The van der Waals surface area contributed by atoms with Crippen molar-refractivity contribution in [2.24, 2.45) is 0 Å². The third-order valence-corrected chi connectivity index (χ3v) is 8.56. The van der Waals surface area contributed by atoms with Gasteiger partial charge in [0.15, 0.2) is 14.7 Å². The van der Waals surface area contributed by atoms with Crippen LogP contribution in [0.2, 0.25) is 5.02 Å². The fraction of sp³-hybridized carbons (Fsp3) is 0.261. The summed E-state index contributed by atoms with van der Waals surface area (Å²) < 4.78 is 66.6. The maximum Gasteiger partial charge on any atom is 0.287 e. The van der Waals surface area contributed by atoms with E-state index >= 15 is 0 Å². The third-order valence-electron chi connectivity index (χ3n) is 5.42. The Labute approximate surface area is 218 Å². The number of amides is 1. The first kappa shape index (κ1) is 28.4. The van der Waals surface area contributed by atoms with E-state index in [0.29, 0.717) is 15.8 Å². The number of benzene rings is 2.